The molecule has 0 aromatic heterocycles. The molecule has 2 atom stereocenters. The molecule has 2 nitrogen and oxygen atoms in total. The van der Waals surface area contributed by atoms with Gasteiger partial charge in [0.15, 0.2) is 0 Å². The molecule has 1 aliphatic heterocycles. The van der Waals surface area contributed by atoms with Gasteiger partial charge >= 0.3 is 0 Å². The SMILES string of the molecule is CCC(C)O[C@@H]1CCNC1. The van der Waals surface area contributed by atoms with E-state index in [1.165, 1.54) is 6.42 Å². The first-order valence-electron chi connectivity index (χ1n) is 4.19. The van der Waals surface area contributed by atoms with Crippen LogP contribution in [0, 0.1) is 0 Å². The maximum absolute atomic E-state index is 5.70. The van der Waals surface area contributed by atoms with E-state index in [1.807, 2.05) is 0 Å². The van der Waals surface area contributed by atoms with Gasteiger partial charge in [0, 0.05) is 6.54 Å². The summed E-state index contributed by atoms with van der Waals surface area (Å²) in [5.41, 5.74) is 0. The van der Waals surface area contributed by atoms with E-state index in [4.69, 9.17) is 4.74 Å². The van der Waals surface area contributed by atoms with Crippen LogP contribution in [0.25, 0.3) is 0 Å². The van der Waals surface area contributed by atoms with Crippen molar-refractivity contribution in [3.8, 4) is 0 Å². The third-order valence-corrected chi connectivity index (χ3v) is 2.01. The predicted molar refractivity (Wildman–Crippen MR) is 42.1 cm³/mol. The van der Waals surface area contributed by atoms with E-state index in [1.54, 1.807) is 0 Å². The van der Waals surface area contributed by atoms with Gasteiger partial charge in [-0.3, -0.25) is 0 Å². The molecule has 0 saturated carbocycles. The molecule has 1 aliphatic rings. The van der Waals surface area contributed by atoms with Crippen LogP contribution in [-0.4, -0.2) is 25.3 Å². The van der Waals surface area contributed by atoms with Crippen molar-refractivity contribution in [1.82, 2.24) is 5.32 Å². The quantitative estimate of drug-likeness (QED) is 0.640. The molecule has 0 amide bonds. The van der Waals surface area contributed by atoms with Crippen molar-refractivity contribution in [2.75, 3.05) is 13.1 Å². The van der Waals surface area contributed by atoms with Crippen molar-refractivity contribution in [2.24, 2.45) is 0 Å². The maximum atomic E-state index is 5.70. The zero-order chi connectivity index (χ0) is 7.40. The molecular weight excluding hydrogens is 126 g/mol. The summed E-state index contributed by atoms with van der Waals surface area (Å²) in [5, 5.41) is 3.28. The summed E-state index contributed by atoms with van der Waals surface area (Å²) in [5.74, 6) is 0. The van der Waals surface area contributed by atoms with E-state index in [2.05, 4.69) is 19.2 Å². The first kappa shape index (κ1) is 8.02. The van der Waals surface area contributed by atoms with Gasteiger partial charge in [-0.1, -0.05) is 6.92 Å². The molecule has 0 aromatic rings. The fraction of sp³-hybridized carbons (Fsp3) is 1.00. The number of nitrogens with one attached hydrogen (secondary N) is 1. The summed E-state index contributed by atoms with van der Waals surface area (Å²) in [6.45, 7) is 6.47. The minimum atomic E-state index is 0.435. The molecule has 0 aliphatic carbocycles. The summed E-state index contributed by atoms with van der Waals surface area (Å²) in [7, 11) is 0. The highest BCUT2D eigenvalue weighted by molar-refractivity contribution is 4.71. The Kier molecular flexibility index (Phi) is 3.16. The third-order valence-electron chi connectivity index (χ3n) is 2.01. The van der Waals surface area contributed by atoms with Crippen molar-refractivity contribution < 1.29 is 4.74 Å². The highest BCUT2D eigenvalue weighted by Gasteiger charge is 2.16. The molecule has 0 spiro atoms. The van der Waals surface area contributed by atoms with Crippen LogP contribution in [-0.2, 0) is 4.74 Å². The Morgan fingerprint density at radius 1 is 1.70 bits per heavy atom. The average molecular weight is 143 g/mol. The lowest BCUT2D eigenvalue weighted by molar-refractivity contribution is 0.00785. The van der Waals surface area contributed by atoms with Crippen molar-refractivity contribution in [1.29, 1.82) is 0 Å². The van der Waals surface area contributed by atoms with Gasteiger partial charge in [0.25, 0.3) is 0 Å². The molecule has 0 bridgehead atoms. The van der Waals surface area contributed by atoms with Gasteiger partial charge in [-0.2, -0.15) is 0 Å². The van der Waals surface area contributed by atoms with Gasteiger partial charge in [0.1, 0.15) is 0 Å². The normalized spacial score (nSPS) is 28.8. The molecule has 2 heteroatoms. The zero-order valence-electron chi connectivity index (χ0n) is 6.89. The van der Waals surface area contributed by atoms with Crippen LogP contribution < -0.4 is 5.32 Å². The van der Waals surface area contributed by atoms with E-state index in [0.717, 1.165) is 19.5 Å². The standard InChI is InChI=1S/C8H17NO/c1-3-7(2)10-8-4-5-9-6-8/h7-9H,3-6H2,1-2H3/t7?,8-/m1/s1. The largest absolute Gasteiger partial charge is 0.374 e. The summed E-state index contributed by atoms with van der Waals surface area (Å²) in [6.07, 6.45) is 3.22. The molecule has 1 heterocycles. The zero-order valence-corrected chi connectivity index (χ0v) is 6.89. The first-order chi connectivity index (χ1) is 4.83. The molecule has 0 radical (unpaired) electrons. The van der Waals surface area contributed by atoms with E-state index >= 15 is 0 Å². The van der Waals surface area contributed by atoms with Crippen LogP contribution >= 0.6 is 0 Å². The van der Waals surface area contributed by atoms with E-state index in [-0.39, 0.29) is 0 Å². The Morgan fingerprint density at radius 2 is 2.50 bits per heavy atom. The van der Waals surface area contributed by atoms with E-state index in [0.29, 0.717) is 12.2 Å². The molecule has 1 saturated heterocycles. The lowest BCUT2D eigenvalue weighted by atomic mass is 10.3. The minimum absolute atomic E-state index is 0.435. The molecule has 1 N–H and O–H groups in total. The maximum Gasteiger partial charge on any atom is 0.0715 e. The highest BCUT2D eigenvalue weighted by atomic mass is 16.5. The molecule has 0 aromatic carbocycles. The highest BCUT2D eigenvalue weighted by Crippen LogP contribution is 2.07. The van der Waals surface area contributed by atoms with Crippen molar-refractivity contribution >= 4 is 0 Å². The molecule has 1 unspecified atom stereocenters. The molecule has 1 rings (SSSR count). The van der Waals surface area contributed by atoms with Crippen LogP contribution in [0.3, 0.4) is 0 Å². The van der Waals surface area contributed by atoms with Crippen LogP contribution in [0.15, 0.2) is 0 Å². The molecule has 10 heavy (non-hydrogen) atoms. The van der Waals surface area contributed by atoms with E-state index < -0.39 is 0 Å². The number of hydrogen-bond acceptors (Lipinski definition) is 2. The Labute approximate surface area is 63.0 Å². The fourth-order valence-corrected chi connectivity index (χ4v) is 1.17. The predicted octanol–water partition coefficient (Wildman–Crippen LogP) is 1.16. The lowest BCUT2D eigenvalue weighted by Gasteiger charge is -2.15. The second-order valence-corrected chi connectivity index (χ2v) is 2.97. The summed E-state index contributed by atoms with van der Waals surface area (Å²) >= 11 is 0. The van der Waals surface area contributed by atoms with Crippen LogP contribution in [0.1, 0.15) is 26.7 Å². The van der Waals surface area contributed by atoms with Crippen molar-refractivity contribution in [2.45, 2.75) is 38.9 Å². The van der Waals surface area contributed by atoms with Crippen LogP contribution in [0.5, 0.6) is 0 Å². The Morgan fingerprint density at radius 3 is 3.00 bits per heavy atom. The minimum Gasteiger partial charge on any atom is -0.374 e. The monoisotopic (exact) mass is 143 g/mol. The lowest BCUT2D eigenvalue weighted by Crippen LogP contribution is -2.21. The second kappa shape index (κ2) is 3.94. The van der Waals surface area contributed by atoms with Gasteiger partial charge in [0.05, 0.1) is 12.2 Å². The fourth-order valence-electron chi connectivity index (χ4n) is 1.17. The van der Waals surface area contributed by atoms with Crippen LogP contribution in [0.4, 0.5) is 0 Å². The average Bonchev–Trinajstić information content (AvgIpc) is 2.40. The summed E-state index contributed by atoms with van der Waals surface area (Å²) in [4.78, 5) is 0. The summed E-state index contributed by atoms with van der Waals surface area (Å²) < 4.78 is 5.70. The van der Waals surface area contributed by atoms with Gasteiger partial charge in [-0.05, 0) is 26.3 Å². The Balaban J connectivity index is 2.11. The molecule has 1 fully saturated rings. The van der Waals surface area contributed by atoms with Crippen molar-refractivity contribution in [3.05, 3.63) is 0 Å². The van der Waals surface area contributed by atoms with Crippen LogP contribution in [0.2, 0.25) is 0 Å². The molecule has 60 valence electrons. The van der Waals surface area contributed by atoms with Gasteiger partial charge in [0.2, 0.25) is 0 Å². The second-order valence-electron chi connectivity index (χ2n) is 2.97. The number of ether oxygens (including phenoxy) is 1. The smallest absolute Gasteiger partial charge is 0.0715 e. The topological polar surface area (TPSA) is 21.3 Å². The van der Waals surface area contributed by atoms with Gasteiger partial charge < -0.3 is 10.1 Å². The number of rotatable bonds is 3. The Bertz CT molecular complexity index is 89.3. The summed E-state index contributed by atoms with van der Waals surface area (Å²) in [6, 6.07) is 0. The third kappa shape index (κ3) is 2.27. The van der Waals surface area contributed by atoms with Gasteiger partial charge in [-0.15, -0.1) is 0 Å². The first-order valence-corrected chi connectivity index (χ1v) is 4.19. The van der Waals surface area contributed by atoms with E-state index in [9.17, 15) is 0 Å². The Hall–Kier alpha value is -0.0800. The van der Waals surface area contributed by atoms with Crippen molar-refractivity contribution in [3.63, 3.8) is 0 Å². The molecular formula is C8H17NO. The van der Waals surface area contributed by atoms with Gasteiger partial charge in [-0.25, -0.2) is 0 Å². The number of hydrogen-bond donors (Lipinski definition) is 1.